The van der Waals surface area contributed by atoms with Gasteiger partial charge >= 0.3 is 0 Å². The first kappa shape index (κ1) is 15.8. The summed E-state index contributed by atoms with van der Waals surface area (Å²) in [5.74, 6) is 1.82. The lowest BCUT2D eigenvalue weighted by molar-refractivity contribution is 0.152. The second-order valence-electron chi connectivity index (χ2n) is 6.60. The number of hydrogen-bond acceptors (Lipinski definition) is 7. The number of hydrogen-bond donors (Lipinski definition) is 1. The van der Waals surface area contributed by atoms with E-state index < -0.39 is 0 Å². The zero-order chi connectivity index (χ0) is 16.2. The molecular weight excluding hydrogens is 320 g/mol. The first-order chi connectivity index (χ1) is 11.9. The summed E-state index contributed by atoms with van der Waals surface area (Å²) in [6.07, 6.45) is 8.95. The second kappa shape index (κ2) is 7.44. The van der Waals surface area contributed by atoms with Gasteiger partial charge in [-0.05, 0) is 18.9 Å². The third-order valence-electron chi connectivity index (χ3n) is 4.70. The van der Waals surface area contributed by atoms with Crippen LogP contribution in [0.3, 0.4) is 0 Å². The van der Waals surface area contributed by atoms with E-state index >= 15 is 0 Å². The molecule has 6 nitrogen and oxygen atoms in total. The molecule has 0 bridgehead atoms. The minimum atomic E-state index is 0.435. The van der Waals surface area contributed by atoms with Gasteiger partial charge in [0.1, 0.15) is 10.8 Å². The molecule has 0 unspecified atom stereocenters. The Morgan fingerprint density at radius 1 is 1.08 bits per heavy atom. The smallest absolute Gasteiger partial charge is 0.224 e. The van der Waals surface area contributed by atoms with Crippen LogP contribution in [0.4, 0.5) is 11.8 Å². The first-order valence-corrected chi connectivity index (χ1v) is 9.70. The summed E-state index contributed by atoms with van der Waals surface area (Å²) < 4.78 is 0. The van der Waals surface area contributed by atoms with Gasteiger partial charge in [0.2, 0.25) is 5.95 Å². The van der Waals surface area contributed by atoms with Gasteiger partial charge in [0, 0.05) is 44.0 Å². The third kappa shape index (κ3) is 3.84. The summed E-state index contributed by atoms with van der Waals surface area (Å²) in [4.78, 5) is 18.3. The molecule has 0 spiro atoms. The molecule has 2 aliphatic heterocycles. The Morgan fingerprint density at radius 2 is 1.92 bits per heavy atom. The Kier molecular flexibility index (Phi) is 4.89. The Hall–Kier alpha value is -1.73. The lowest BCUT2D eigenvalue weighted by Crippen LogP contribution is -2.54. The molecule has 2 aromatic heterocycles. The molecule has 2 fully saturated rings. The van der Waals surface area contributed by atoms with Crippen LogP contribution in [0.15, 0.2) is 23.8 Å². The fourth-order valence-electron chi connectivity index (χ4n) is 3.39. The van der Waals surface area contributed by atoms with E-state index in [1.807, 2.05) is 23.8 Å². The van der Waals surface area contributed by atoms with Crippen molar-refractivity contribution in [3.8, 4) is 0 Å². The van der Waals surface area contributed by atoms with Crippen molar-refractivity contribution in [2.75, 3.05) is 36.4 Å². The number of thiazole rings is 1. The normalized spacial score (nSPS) is 19.8. The topological polar surface area (TPSA) is 57.2 Å². The monoisotopic (exact) mass is 344 g/mol. The fraction of sp³-hybridized carbons (Fsp3) is 0.588. The van der Waals surface area contributed by atoms with E-state index in [4.69, 9.17) is 4.98 Å². The number of nitrogens with one attached hydrogen (secondary N) is 1. The maximum atomic E-state index is 4.74. The van der Waals surface area contributed by atoms with Crippen LogP contribution in [0.25, 0.3) is 0 Å². The highest BCUT2D eigenvalue weighted by molar-refractivity contribution is 7.09. The molecule has 0 aromatic carbocycles. The predicted molar refractivity (Wildman–Crippen MR) is 97.5 cm³/mol. The lowest BCUT2D eigenvalue weighted by Gasteiger charge is -2.39. The maximum Gasteiger partial charge on any atom is 0.224 e. The Labute approximate surface area is 146 Å². The molecule has 7 heteroatoms. The van der Waals surface area contributed by atoms with E-state index in [-0.39, 0.29) is 0 Å². The number of nitrogens with zero attached hydrogens (tertiary/aromatic N) is 5. The quantitative estimate of drug-likeness (QED) is 0.900. The molecule has 2 aromatic rings. The van der Waals surface area contributed by atoms with E-state index in [0.717, 1.165) is 44.5 Å². The number of anilines is 2. The SMILES string of the molecule is c1cc(N2CCCCCC2)nc(NC2CN(Cc3nccs3)C2)n1. The number of rotatable bonds is 5. The molecule has 0 aliphatic carbocycles. The van der Waals surface area contributed by atoms with Crippen molar-refractivity contribution in [3.63, 3.8) is 0 Å². The van der Waals surface area contributed by atoms with Gasteiger partial charge in [0.05, 0.1) is 12.6 Å². The molecule has 0 saturated carbocycles. The molecule has 2 saturated heterocycles. The van der Waals surface area contributed by atoms with Crippen molar-refractivity contribution in [1.29, 1.82) is 0 Å². The largest absolute Gasteiger partial charge is 0.356 e. The molecule has 128 valence electrons. The maximum absolute atomic E-state index is 4.74. The molecule has 4 rings (SSSR count). The van der Waals surface area contributed by atoms with Gasteiger partial charge in [-0.25, -0.2) is 9.97 Å². The van der Waals surface area contributed by atoms with Crippen molar-refractivity contribution in [2.45, 2.75) is 38.3 Å². The van der Waals surface area contributed by atoms with Crippen LogP contribution >= 0.6 is 11.3 Å². The van der Waals surface area contributed by atoms with Crippen LogP contribution in [0, 0.1) is 0 Å². The standard InChI is InChI=1S/C17H24N6S/c1-2-4-9-23(8-3-1)15-5-6-19-17(21-15)20-14-11-22(12-14)13-16-18-7-10-24-16/h5-7,10,14H,1-4,8-9,11-13H2,(H,19,20,21). The van der Waals surface area contributed by atoms with E-state index in [0.29, 0.717) is 6.04 Å². The lowest BCUT2D eigenvalue weighted by atomic mass is 10.1. The second-order valence-corrected chi connectivity index (χ2v) is 7.58. The zero-order valence-electron chi connectivity index (χ0n) is 13.9. The molecule has 0 radical (unpaired) electrons. The van der Waals surface area contributed by atoms with Crippen LogP contribution in [0.5, 0.6) is 0 Å². The van der Waals surface area contributed by atoms with Crippen molar-refractivity contribution in [2.24, 2.45) is 0 Å². The van der Waals surface area contributed by atoms with Gasteiger partial charge in [-0.3, -0.25) is 4.90 Å². The highest BCUT2D eigenvalue weighted by Gasteiger charge is 2.27. The third-order valence-corrected chi connectivity index (χ3v) is 5.47. The van der Waals surface area contributed by atoms with Crippen molar-refractivity contribution in [1.82, 2.24) is 19.9 Å². The summed E-state index contributed by atoms with van der Waals surface area (Å²) in [7, 11) is 0. The Balaban J connectivity index is 1.30. The molecule has 4 heterocycles. The summed E-state index contributed by atoms with van der Waals surface area (Å²) in [6.45, 7) is 5.22. The van der Waals surface area contributed by atoms with E-state index in [2.05, 4.69) is 25.1 Å². The summed E-state index contributed by atoms with van der Waals surface area (Å²) in [5.41, 5.74) is 0. The van der Waals surface area contributed by atoms with Gasteiger partial charge in [0.15, 0.2) is 0 Å². The van der Waals surface area contributed by atoms with Crippen molar-refractivity contribution < 1.29 is 0 Å². The minimum absolute atomic E-state index is 0.435. The van der Waals surface area contributed by atoms with Crippen LogP contribution in [-0.2, 0) is 6.54 Å². The first-order valence-electron chi connectivity index (χ1n) is 8.82. The molecule has 24 heavy (non-hydrogen) atoms. The van der Waals surface area contributed by atoms with Crippen LogP contribution in [-0.4, -0.2) is 52.1 Å². The molecule has 2 aliphatic rings. The predicted octanol–water partition coefficient (Wildman–Crippen LogP) is 2.61. The average Bonchev–Trinajstić information content (AvgIpc) is 2.93. The van der Waals surface area contributed by atoms with Gasteiger partial charge in [-0.1, -0.05) is 12.8 Å². The summed E-state index contributed by atoms with van der Waals surface area (Å²) >= 11 is 1.72. The molecular formula is C17H24N6S. The zero-order valence-corrected chi connectivity index (χ0v) is 14.7. The van der Waals surface area contributed by atoms with E-state index in [1.54, 1.807) is 11.3 Å². The van der Waals surface area contributed by atoms with Crippen LogP contribution in [0.2, 0.25) is 0 Å². The van der Waals surface area contributed by atoms with E-state index in [1.165, 1.54) is 30.7 Å². The van der Waals surface area contributed by atoms with Crippen LogP contribution < -0.4 is 10.2 Å². The van der Waals surface area contributed by atoms with Gasteiger partial charge in [0.25, 0.3) is 0 Å². The number of likely N-dealkylation sites (tertiary alicyclic amines) is 1. The van der Waals surface area contributed by atoms with Gasteiger partial charge < -0.3 is 10.2 Å². The van der Waals surface area contributed by atoms with Gasteiger partial charge in [-0.15, -0.1) is 11.3 Å². The fourth-order valence-corrected chi connectivity index (χ4v) is 4.05. The highest BCUT2D eigenvalue weighted by Crippen LogP contribution is 2.20. The van der Waals surface area contributed by atoms with Crippen molar-refractivity contribution >= 4 is 23.1 Å². The minimum Gasteiger partial charge on any atom is -0.356 e. The van der Waals surface area contributed by atoms with Gasteiger partial charge in [-0.2, -0.15) is 4.98 Å². The Morgan fingerprint density at radius 3 is 2.67 bits per heavy atom. The van der Waals surface area contributed by atoms with Crippen molar-refractivity contribution in [3.05, 3.63) is 28.8 Å². The van der Waals surface area contributed by atoms with Crippen LogP contribution in [0.1, 0.15) is 30.7 Å². The van der Waals surface area contributed by atoms with E-state index in [9.17, 15) is 0 Å². The summed E-state index contributed by atoms with van der Waals surface area (Å²) in [6, 6.07) is 2.47. The molecule has 1 N–H and O–H groups in total. The average molecular weight is 344 g/mol. The molecule has 0 amide bonds. The highest BCUT2D eigenvalue weighted by atomic mass is 32.1. The summed E-state index contributed by atoms with van der Waals surface area (Å²) in [5, 5.41) is 6.70. The molecule has 0 atom stereocenters. The Bertz CT molecular complexity index is 632. The number of aromatic nitrogens is 3.